The Labute approximate surface area is 123 Å². The average Bonchev–Trinajstić information content (AvgIpc) is 3.15. The zero-order chi connectivity index (χ0) is 14.8. The summed E-state index contributed by atoms with van der Waals surface area (Å²) in [6.07, 6.45) is 2.88. The van der Waals surface area contributed by atoms with Crippen LogP contribution in [0.25, 0.3) is 0 Å². The number of benzene rings is 1. The number of hydrogen-bond acceptors (Lipinski definition) is 3. The van der Waals surface area contributed by atoms with Crippen LogP contribution in [0.1, 0.15) is 33.1 Å². The summed E-state index contributed by atoms with van der Waals surface area (Å²) in [4.78, 5) is 12.7. The van der Waals surface area contributed by atoms with Crippen LogP contribution in [0.15, 0.2) is 29.2 Å². The molecule has 0 spiro atoms. The maximum atomic E-state index is 12.9. The van der Waals surface area contributed by atoms with E-state index in [9.17, 15) is 9.18 Å². The van der Waals surface area contributed by atoms with E-state index in [0.717, 1.165) is 17.7 Å². The van der Waals surface area contributed by atoms with Crippen molar-refractivity contribution in [2.75, 3.05) is 0 Å². The van der Waals surface area contributed by atoms with Gasteiger partial charge in [-0.1, -0.05) is 6.92 Å². The number of amides is 1. The summed E-state index contributed by atoms with van der Waals surface area (Å²) < 4.78 is 12.9. The monoisotopic (exact) mass is 296 g/mol. The SMILES string of the molecule is CC(CC(C)(NC1CC1)C(N)=O)Sc1ccc(F)cc1. The fraction of sp³-hybridized carbons (Fsp3) is 0.533. The molecular weight excluding hydrogens is 275 g/mol. The molecule has 1 aliphatic rings. The van der Waals surface area contributed by atoms with Crippen LogP contribution in [0, 0.1) is 5.82 Å². The molecule has 5 heteroatoms. The van der Waals surface area contributed by atoms with Gasteiger partial charge >= 0.3 is 0 Å². The predicted octanol–water partition coefficient (Wildman–Crippen LogP) is 2.69. The predicted molar refractivity (Wildman–Crippen MR) is 80.1 cm³/mol. The molecule has 1 aliphatic carbocycles. The zero-order valence-electron chi connectivity index (χ0n) is 11.9. The van der Waals surface area contributed by atoms with Crippen LogP contribution < -0.4 is 11.1 Å². The number of carbonyl (C=O) groups excluding carboxylic acids is 1. The molecule has 1 fully saturated rings. The van der Waals surface area contributed by atoms with Crippen molar-refractivity contribution in [2.24, 2.45) is 5.73 Å². The number of primary amides is 1. The van der Waals surface area contributed by atoms with Gasteiger partial charge in [0.15, 0.2) is 0 Å². The lowest BCUT2D eigenvalue weighted by molar-refractivity contribution is -0.124. The first-order valence-electron chi connectivity index (χ1n) is 6.89. The maximum absolute atomic E-state index is 12.9. The lowest BCUT2D eigenvalue weighted by Crippen LogP contribution is -2.55. The fourth-order valence-corrected chi connectivity index (χ4v) is 3.45. The Balaban J connectivity index is 1.95. The van der Waals surface area contributed by atoms with E-state index < -0.39 is 5.54 Å². The molecule has 2 rings (SSSR count). The van der Waals surface area contributed by atoms with Crippen molar-refractivity contribution in [1.82, 2.24) is 5.32 Å². The maximum Gasteiger partial charge on any atom is 0.237 e. The van der Waals surface area contributed by atoms with Gasteiger partial charge in [0.25, 0.3) is 0 Å². The third-order valence-corrected chi connectivity index (χ3v) is 4.60. The Morgan fingerprint density at radius 1 is 1.50 bits per heavy atom. The normalized spacial score (nSPS) is 19.4. The molecule has 0 aliphatic heterocycles. The Morgan fingerprint density at radius 2 is 2.10 bits per heavy atom. The van der Waals surface area contributed by atoms with Gasteiger partial charge in [0.2, 0.25) is 5.91 Å². The number of halogens is 1. The number of nitrogens with two attached hydrogens (primary N) is 1. The molecule has 2 atom stereocenters. The lowest BCUT2D eigenvalue weighted by Gasteiger charge is -2.30. The molecular formula is C15H21FN2OS. The minimum atomic E-state index is -0.673. The highest BCUT2D eigenvalue weighted by molar-refractivity contribution is 7.99. The molecule has 1 amide bonds. The second-order valence-electron chi connectivity index (χ2n) is 5.70. The Morgan fingerprint density at radius 3 is 2.60 bits per heavy atom. The van der Waals surface area contributed by atoms with E-state index in [4.69, 9.17) is 5.73 Å². The minimum absolute atomic E-state index is 0.212. The minimum Gasteiger partial charge on any atom is -0.368 e. The van der Waals surface area contributed by atoms with Gasteiger partial charge in [-0.3, -0.25) is 4.79 Å². The van der Waals surface area contributed by atoms with E-state index in [1.165, 1.54) is 12.1 Å². The molecule has 0 saturated heterocycles. The average molecular weight is 296 g/mol. The van der Waals surface area contributed by atoms with Crippen LogP contribution in [0.2, 0.25) is 0 Å². The molecule has 1 aromatic rings. The molecule has 20 heavy (non-hydrogen) atoms. The molecule has 3 N–H and O–H groups in total. The highest BCUT2D eigenvalue weighted by Gasteiger charge is 2.38. The molecule has 0 heterocycles. The molecule has 2 unspecified atom stereocenters. The molecule has 0 bridgehead atoms. The number of rotatable bonds is 7. The van der Waals surface area contributed by atoms with Gasteiger partial charge in [0.05, 0.1) is 5.54 Å². The summed E-state index contributed by atoms with van der Waals surface area (Å²) in [6.45, 7) is 3.93. The van der Waals surface area contributed by atoms with Crippen molar-refractivity contribution in [1.29, 1.82) is 0 Å². The van der Waals surface area contributed by atoms with Crippen molar-refractivity contribution in [3.8, 4) is 0 Å². The Hall–Kier alpha value is -1.07. The first-order chi connectivity index (χ1) is 9.39. The standard InChI is InChI=1S/C15H21FN2OS/c1-10(20-13-7-3-11(16)4-8-13)9-15(2,14(17)19)18-12-5-6-12/h3-4,7-8,10,12,18H,5-6,9H2,1-2H3,(H2,17,19). The smallest absolute Gasteiger partial charge is 0.237 e. The van der Waals surface area contributed by atoms with Crippen molar-refractivity contribution in [3.63, 3.8) is 0 Å². The van der Waals surface area contributed by atoms with Gasteiger partial charge in [-0.2, -0.15) is 0 Å². The van der Waals surface area contributed by atoms with Crippen molar-refractivity contribution >= 4 is 17.7 Å². The first-order valence-corrected chi connectivity index (χ1v) is 7.77. The van der Waals surface area contributed by atoms with E-state index in [-0.39, 0.29) is 17.0 Å². The second-order valence-corrected chi connectivity index (χ2v) is 7.21. The van der Waals surface area contributed by atoms with Crippen LogP contribution >= 0.6 is 11.8 Å². The van der Waals surface area contributed by atoms with Gasteiger partial charge in [-0.05, 0) is 50.5 Å². The lowest BCUT2D eigenvalue weighted by atomic mass is 9.95. The van der Waals surface area contributed by atoms with E-state index in [1.807, 2.05) is 6.92 Å². The van der Waals surface area contributed by atoms with Crippen LogP contribution in [0.3, 0.4) is 0 Å². The molecule has 110 valence electrons. The van der Waals surface area contributed by atoms with Gasteiger partial charge in [-0.25, -0.2) is 4.39 Å². The van der Waals surface area contributed by atoms with Crippen molar-refractivity contribution < 1.29 is 9.18 Å². The fourth-order valence-electron chi connectivity index (χ4n) is 2.27. The quantitative estimate of drug-likeness (QED) is 0.761. The van der Waals surface area contributed by atoms with Gasteiger partial charge in [-0.15, -0.1) is 11.8 Å². The third kappa shape index (κ3) is 4.21. The molecule has 0 aromatic heterocycles. The molecule has 0 radical (unpaired) electrons. The summed E-state index contributed by atoms with van der Waals surface area (Å²) >= 11 is 1.63. The van der Waals surface area contributed by atoms with Crippen LogP contribution in [0.5, 0.6) is 0 Å². The highest BCUT2D eigenvalue weighted by Crippen LogP contribution is 2.31. The summed E-state index contributed by atoms with van der Waals surface area (Å²) in [5.41, 5.74) is 4.88. The van der Waals surface area contributed by atoms with Crippen molar-refractivity contribution in [3.05, 3.63) is 30.1 Å². The van der Waals surface area contributed by atoms with Gasteiger partial charge in [0.1, 0.15) is 5.82 Å². The third-order valence-electron chi connectivity index (χ3n) is 3.49. The molecule has 1 saturated carbocycles. The zero-order valence-corrected chi connectivity index (χ0v) is 12.7. The number of hydrogen-bond donors (Lipinski definition) is 2. The van der Waals surface area contributed by atoms with Crippen molar-refractivity contribution in [2.45, 2.75) is 54.8 Å². The number of thioether (sulfide) groups is 1. The summed E-state index contributed by atoms with van der Waals surface area (Å²) in [6, 6.07) is 6.84. The molecule has 3 nitrogen and oxygen atoms in total. The largest absolute Gasteiger partial charge is 0.368 e. The summed E-state index contributed by atoms with van der Waals surface area (Å²) in [5, 5.41) is 3.56. The van der Waals surface area contributed by atoms with E-state index in [2.05, 4.69) is 12.2 Å². The number of nitrogens with one attached hydrogen (secondary N) is 1. The summed E-state index contributed by atoms with van der Waals surface area (Å²) in [5.74, 6) is -0.546. The number of carbonyl (C=O) groups is 1. The Bertz CT molecular complexity index is 475. The van der Waals surface area contributed by atoms with Gasteiger partial charge in [0, 0.05) is 16.2 Å². The van der Waals surface area contributed by atoms with Crippen LogP contribution in [0.4, 0.5) is 4.39 Å². The molecule has 1 aromatic carbocycles. The first kappa shape index (κ1) is 15.3. The van der Waals surface area contributed by atoms with E-state index in [1.54, 1.807) is 23.9 Å². The van der Waals surface area contributed by atoms with E-state index >= 15 is 0 Å². The second kappa shape index (κ2) is 6.14. The van der Waals surface area contributed by atoms with Crippen LogP contribution in [-0.4, -0.2) is 22.7 Å². The van der Waals surface area contributed by atoms with E-state index in [0.29, 0.717) is 12.5 Å². The topological polar surface area (TPSA) is 55.1 Å². The van der Waals surface area contributed by atoms with Crippen LogP contribution in [-0.2, 0) is 4.79 Å². The summed E-state index contributed by atoms with van der Waals surface area (Å²) in [7, 11) is 0. The Kier molecular flexibility index (Phi) is 4.70. The highest BCUT2D eigenvalue weighted by atomic mass is 32.2. The van der Waals surface area contributed by atoms with Gasteiger partial charge < -0.3 is 11.1 Å².